The van der Waals surface area contributed by atoms with Crippen LogP contribution >= 0.6 is 0 Å². The molecular weight excluding hydrogens is 446 g/mol. The van der Waals surface area contributed by atoms with E-state index in [4.69, 9.17) is 5.73 Å². The van der Waals surface area contributed by atoms with Crippen LogP contribution in [0.3, 0.4) is 0 Å². The molecule has 0 radical (unpaired) electrons. The summed E-state index contributed by atoms with van der Waals surface area (Å²) in [7, 11) is 0. The highest BCUT2D eigenvalue weighted by molar-refractivity contribution is 5.13. The third-order valence-corrected chi connectivity index (χ3v) is 11.7. The first-order valence-corrected chi connectivity index (χ1v) is 16.7. The van der Waals surface area contributed by atoms with E-state index in [0.29, 0.717) is 0 Å². The van der Waals surface area contributed by atoms with Crippen LogP contribution in [0.4, 0.5) is 0 Å². The molecule has 1 nitrogen and oxygen atoms in total. The fourth-order valence-corrected chi connectivity index (χ4v) is 9.92. The van der Waals surface area contributed by atoms with Crippen molar-refractivity contribution in [1.29, 1.82) is 0 Å². The number of unbranched alkanes of at least 4 members (excludes halogenated alkanes) is 4. The predicted molar refractivity (Wildman–Crippen MR) is 160 cm³/mol. The first kappa shape index (κ1) is 27.3. The lowest BCUT2D eigenvalue weighted by Crippen LogP contribution is -2.45. The molecule has 0 aromatic carbocycles. The van der Waals surface area contributed by atoms with Gasteiger partial charge in [-0.25, -0.2) is 0 Å². The quantitative estimate of drug-likeness (QED) is 0.179. The summed E-state index contributed by atoms with van der Waals surface area (Å²) in [6, 6.07) is 0. The Bertz CT molecular complexity index is 780. The first-order chi connectivity index (χ1) is 18.3. The van der Waals surface area contributed by atoms with Crippen molar-refractivity contribution in [1.82, 2.24) is 0 Å². The minimum absolute atomic E-state index is 0.858. The van der Waals surface area contributed by atoms with E-state index in [1.165, 1.54) is 89.9 Å². The van der Waals surface area contributed by atoms with Gasteiger partial charge < -0.3 is 5.73 Å². The van der Waals surface area contributed by atoms with Crippen molar-refractivity contribution in [3.8, 4) is 0 Å². The number of allylic oxidation sites excluding steroid dienone is 7. The van der Waals surface area contributed by atoms with Crippen molar-refractivity contribution >= 4 is 0 Å². The van der Waals surface area contributed by atoms with Gasteiger partial charge in [-0.05, 0) is 136 Å². The van der Waals surface area contributed by atoms with Crippen LogP contribution in [0, 0.1) is 53.3 Å². The summed E-state index contributed by atoms with van der Waals surface area (Å²) in [4.78, 5) is 0. The topological polar surface area (TPSA) is 26.0 Å². The molecule has 0 aromatic heterocycles. The number of hydrogen-bond acceptors (Lipinski definition) is 1. The highest BCUT2D eigenvalue weighted by atomic mass is 14.5. The Balaban J connectivity index is 1.07. The van der Waals surface area contributed by atoms with Gasteiger partial charge in [-0.2, -0.15) is 0 Å². The Morgan fingerprint density at radius 1 is 0.622 bits per heavy atom. The van der Waals surface area contributed by atoms with Gasteiger partial charge in [0.2, 0.25) is 0 Å². The lowest BCUT2D eigenvalue weighted by Gasteiger charge is -2.53. The van der Waals surface area contributed by atoms with Gasteiger partial charge in [-0.1, -0.05) is 87.8 Å². The number of hydrogen-bond donors (Lipinski definition) is 1. The maximum absolute atomic E-state index is 5.38. The molecule has 1 heteroatoms. The number of nitrogens with two attached hydrogens (primary N) is 1. The molecule has 0 bridgehead atoms. The Morgan fingerprint density at radius 2 is 1.38 bits per heavy atom. The van der Waals surface area contributed by atoms with Gasteiger partial charge in [0.25, 0.3) is 0 Å². The minimum Gasteiger partial charge on any atom is -0.405 e. The fraction of sp³-hybridized carbons (Fsp3) is 0.778. The maximum Gasteiger partial charge on any atom is -0.00625 e. The third kappa shape index (κ3) is 7.05. The summed E-state index contributed by atoms with van der Waals surface area (Å²) < 4.78 is 0. The van der Waals surface area contributed by atoms with Crippen LogP contribution in [0.25, 0.3) is 0 Å². The Morgan fingerprint density at radius 3 is 2.22 bits per heavy atom. The molecule has 0 spiro atoms. The largest absolute Gasteiger partial charge is 0.405 e. The summed E-state index contributed by atoms with van der Waals surface area (Å²) in [6.45, 7) is 0. The summed E-state index contributed by atoms with van der Waals surface area (Å²) in [5, 5.41) is 0. The molecule has 5 aliphatic rings. The standard InChI is InChI=1S/C36H57N/c37-27-12-6-4-2-1-3-5-7-14-28-21-23-30(24-22-28)32-25-26-36(35-19-11-10-18-33(32)35)34-20-13-16-29-15-8-9-17-31(29)34/h4,6,9,12-13,17,20,27-36H,1-3,5,7-8,10-11,14-16,18-19,21-26,37H2/b6-4-,27-12-. The second-order valence-electron chi connectivity index (χ2n) is 13.7. The smallest absolute Gasteiger partial charge is 0.00625 e. The molecule has 3 saturated carbocycles. The van der Waals surface area contributed by atoms with Crippen molar-refractivity contribution in [3.05, 3.63) is 48.7 Å². The minimum atomic E-state index is 0.858. The van der Waals surface area contributed by atoms with Crippen LogP contribution in [0.2, 0.25) is 0 Å². The Labute approximate surface area is 229 Å². The van der Waals surface area contributed by atoms with Crippen LogP contribution < -0.4 is 5.73 Å². The molecule has 7 unspecified atom stereocenters. The lowest BCUT2D eigenvalue weighted by atomic mass is 9.52. The van der Waals surface area contributed by atoms with Crippen LogP contribution in [-0.2, 0) is 0 Å². The van der Waals surface area contributed by atoms with Crippen LogP contribution in [-0.4, -0.2) is 0 Å². The van der Waals surface area contributed by atoms with Gasteiger partial charge in [-0.15, -0.1) is 0 Å². The van der Waals surface area contributed by atoms with Crippen LogP contribution in [0.5, 0.6) is 0 Å². The molecule has 0 aliphatic heterocycles. The van der Waals surface area contributed by atoms with E-state index in [0.717, 1.165) is 53.3 Å². The molecule has 2 N–H and O–H groups in total. The molecule has 0 saturated heterocycles. The highest BCUT2D eigenvalue weighted by Crippen LogP contribution is 2.56. The van der Waals surface area contributed by atoms with E-state index in [9.17, 15) is 0 Å². The van der Waals surface area contributed by atoms with Gasteiger partial charge >= 0.3 is 0 Å². The Kier molecular flexibility index (Phi) is 10.5. The average Bonchev–Trinajstić information content (AvgIpc) is 2.96. The molecule has 37 heavy (non-hydrogen) atoms. The van der Waals surface area contributed by atoms with Gasteiger partial charge in [0.15, 0.2) is 0 Å². The molecule has 5 rings (SSSR count). The van der Waals surface area contributed by atoms with Crippen LogP contribution in [0.1, 0.15) is 122 Å². The maximum atomic E-state index is 5.38. The zero-order valence-corrected chi connectivity index (χ0v) is 23.8. The molecule has 7 atom stereocenters. The zero-order chi connectivity index (χ0) is 25.3. The molecule has 0 heterocycles. The van der Waals surface area contributed by atoms with E-state index in [-0.39, 0.29) is 0 Å². The van der Waals surface area contributed by atoms with Crippen molar-refractivity contribution in [2.24, 2.45) is 59.0 Å². The second kappa shape index (κ2) is 14.2. The summed E-state index contributed by atoms with van der Waals surface area (Å²) in [5.74, 6) is 8.91. The van der Waals surface area contributed by atoms with E-state index >= 15 is 0 Å². The SMILES string of the molecule is N/C=C\C=C/CCCCCCC1CCC(C2CCC(C3C=CCC4CCC=CC43)C3CCCCC23)CC1. The molecular formula is C36H57N. The van der Waals surface area contributed by atoms with E-state index in [1.807, 2.05) is 6.08 Å². The first-order valence-electron chi connectivity index (χ1n) is 16.7. The second-order valence-corrected chi connectivity index (χ2v) is 13.7. The van der Waals surface area contributed by atoms with E-state index in [2.05, 4.69) is 36.5 Å². The van der Waals surface area contributed by atoms with Crippen molar-refractivity contribution in [2.45, 2.75) is 122 Å². The van der Waals surface area contributed by atoms with Gasteiger partial charge in [0, 0.05) is 0 Å². The van der Waals surface area contributed by atoms with E-state index in [1.54, 1.807) is 38.3 Å². The van der Waals surface area contributed by atoms with Gasteiger partial charge in [0.05, 0.1) is 0 Å². The van der Waals surface area contributed by atoms with Crippen molar-refractivity contribution in [2.75, 3.05) is 0 Å². The van der Waals surface area contributed by atoms with E-state index < -0.39 is 0 Å². The summed E-state index contributed by atoms with van der Waals surface area (Å²) >= 11 is 0. The Hall–Kier alpha value is -1.24. The molecule has 3 fully saturated rings. The molecule has 206 valence electrons. The monoisotopic (exact) mass is 503 g/mol. The lowest BCUT2D eigenvalue weighted by molar-refractivity contribution is -0.0186. The van der Waals surface area contributed by atoms with Crippen molar-refractivity contribution in [3.63, 3.8) is 0 Å². The molecule has 5 aliphatic carbocycles. The predicted octanol–water partition coefficient (Wildman–Crippen LogP) is 10.2. The summed E-state index contributed by atoms with van der Waals surface area (Å²) in [6.07, 6.45) is 46.2. The summed E-state index contributed by atoms with van der Waals surface area (Å²) in [5.41, 5.74) is 5.38. The highest BCUT2D eigenvalue weighted by Gasteiger charge is 2.47. The fourth-order valence-electron chi connectivity index (χ4n) is 9.92. The van der Waals surface area contributed by atoms with Gasteiger partial charge in [0.1, 0.15) is 0 Å². The number of rotatable bonds is 10. The average molecular weight is 504 g/mol. The molecule has 0 aromatic rings. The normalized spacial score (nSPS) is 40.2. The van der Waals surface area contributed by atoms with Crippen LogP contribution in [0.15, 0.2) is 48.7 Å². The molecule has 0 amide bonds. The van der Waals surface area contributed by atoms with Gasteiger partial charge in [-0.3, -0.25) is 0 Å². The zero-order valence-electron chi connectivity index (χ0n) is 23.8. The third-order valence-electron chi connectivity index (χ3n) is 11.7. The number of fused-ring (bicyclic) bond motifs is 2. The van der Waals surface area contributed by atoms with Crippen molar-refractivity contribution < 1.29 is 0 Å².